The summed E-state index contributed by atoms with van der Waals surface area (Å²) in [6.45, 7) is 3.78. The van der Waals surface area contributed by atoms with Crippen molar-refractivity contribution in [2.75, 3.05) is 11.9 Å². The largest absolute Gasteiger partial charge is 0.462 e. The molecule has 2 rings (SSSR count). The molecule has 0 fully saturated rings. The summed E-state index contributed by atoms with van der Waals surface area (Å²) in [5, 5.41) is 5.11. The smallest absolute Gasteiger partial charge is 0.341 e. The van der Waals surface area contributed by atoms with E-state index in [4.69, 9.17) is 16.3 Å². The van der Waals surface area contributed by atoms with E-state index >= 15 is 0 Å². The lowest BCUT2D eigenvalue weighted by Gasteiger charge is -2.07. The number of carbonyl (C=O) groups excluding carboxylic acids is 2. The summed E-state index contributed by atoms with van der Waals surface area (Å²) in [4.78, 5) is 28.0. The number of aromatic nitrogens is 1. The quantitative estimate of drug-likeness (QED) is 0.873. The topological polar surface area (TPSA) is 68.3 Å². The van der Waals surface area contributed by atoms with Crippen LogP contribution in [0.25, 0.3) is 0 Å². The van der Waals surface area contributed by atoms with Gasteiger partial charge in [0.15, 0.2) is 0 Å². The molecule has 110 valence electrons. The molecule has 0 aliphatic carbocycles. The molecule has 0 unspecified atom stereocenters. The molecule has 21 heavy (non-hydrogen) atoms. The monoisotopic (exact) mass is 324 g/mol. The predicted molar refractivity (Wildman–Crippen MR) is 82.2 cm³/mol. The number of hydrogen-bond donors (Lipinski definition) is 1. The minimum Gasteiger partial charge on any atom is -0.462 e. The molecule has 0 atom stereocenters. The van der Waals surface area contributed by atoms with E-state index in [1.165, 1.54) is 17.5 Å². The zero-order valence-corrected chi connectivity index (χ0v) is 13.0. The Morgan fingerprint density at radius 3 is 2.86 bits per heavy atom. The van der Waals surface area contributed by atoms with Gasteiger partial charge in [-0.05, 0) is 31.4 Å². The third kappa shape index (κ3) is 3.59. The average molecular weight is 325 g/mol. The summed E-state index contributed by atoms with van der Waals surface area (Å²) >= 11 is 7.27. The maximum atomic E-state index is 12.2. The lowest BCUT2D eigenvalue weighted by Crippen LogP contribution is -2.15. The number of thiophene rings is 1. The molecule has 2 heterocycles. The Morgan fingerprint density at radius 1 is 1.43 bits per heavy atom. The Labute approximate surface area is 130 Å². The number of halogens is 1. The van der Waals surface area contributed by atoms with Gasteiger partial charge < -0.3 is 10.1 Å². The molecule has 0 aromatic carbocycles. The highest BCUT2D eigenvalue weighted by Crippen LogP contribution is 2.26. The van der Waals surface area contributed by atoms with Crippen LogP contribution in [0.15, 0.2) is 23.7 Å². The molecule has 2 aromatic rings. The molecule has 7 heteroatoms. The standard InChI is InChI=1S/C14H13ClN2O3S/c1-3-20-14(19)9-4-5-21-13(9)17-12(18)10-7-16-8(2)6-11(10)15/h4-7H,3H2,1-2H3,(H,17,18). The van der Waals surface area contributed by atoms with Crippen molar-refractivity contribution in [3.05, 3.63) is 45.6 Å². The number of ether oxygens (including phenoxy) is 1. The Morgan fingerprint density at radius 2 is 2.19 bits per heavy atom. The maximum absolute atomic E-state index is 12.2. The highest BCUT2D eigenvalue weighted by atomic mass is 35.5. The Kier molecular flexibility index (Phi) is 4.93. The number of pyridine rings is 1. The number of aryl methyl sites for hydroxylation is 1. The Bertz CT molecular complexity index is 685. The van der Waals surface area contributed by atoms with Crippen LogP contribution in [-0.2, 0) is 4.74 Å². The number of nitrogens with one attached hydrogen (secondary N) is 1. The summed E-state index contributed by atoms with van der Waals surface area (Å²) < 4.78 is 4.93. The second-order valence-electron chi connectivity index (χ2n) is 4.14. The summed E-state index contributed by atoms with van der Waals surface area (Å²) in [6, 6.07) is 3.21. The SMILES string of the molecule is CCOC(=O)c1ccsc1NC(=O)c1cnc(C)cc1Cl. The number of amides is 1. The van der Waals surface area contributed by atoms with E-state index in [0.29, 0.717) is 15.6 Å². The van der Waals surface area contributed by atoms with Crippen LogP contribution in [0.1, 0.15) is 33.3 Å². The van der Waals surface area contributed by atoms with Crippen molar-refractivity contribution in [2.45, 2.75) is 13.8 Å². The molecular weight excluding hydrogens is 312 g/mol. The van der Waals surface area contributed by atoms with Gasteiger partial charge in [0.1, 0.15) is 5.00 Å². The van der Waals surface area contributed by atoms with Crippen molar-refractivity contribution in [3.8, 4) is 0 Å². The molecule has 0 aliphatic heterocycles. The van der Waals surface area contributed by atoms with Gasteiger partial charge in [-0.1, -0.05) is 11.6 Å². The fraction of sp³-hybridized carbons (Fsp3) is 0.214. The van der Waals surface area contributed by atoms with E-state index in [0.717, 1.165) is 5.69 Å². The van der Waals surface area contributed by atoms with Crippen LogP contribution >= 0.6 is 22.9 Å². The van der Waals surface area contributed by atoms with Crippen LogP contribution in [-0.4, -0.2) is 23.5 Å². The van der Waals surface area contributed by atoms with Crippen LogP contribution in [0.2, 0.25) is 5.02 Å². The average Bonchev–Trinajstić information content (AvgIpc) is 2.87. The summed E-state index contributed by atoms with van der Waals surface area (Å²) in [6.07, 6.45) is 1.41. The van der Waals surface area contributed by atoms with E-state index in [9.17, 15) is 9.59 Å². The van der Waals surface area contributed by atoms with E-state index in [2.05, 4.69) is 10.3 Å². The molecule has 0 saturated heterocycles. The highest BCUT2D eigenvalue weighted by molar-refractivity contribution is 7.14. The first kappa shape index (κ1) is 15.5. The van der Waals surface area contributed by atoms with Crippen molar-refractivity contribution < 1.29 is 14.3 Å². The second-order valence-corrected chi connectivity index (χ2v) is 5.47. The van der Waals surface area contributed by atoms with E-state index in [1.807, 2.05) is 0 Å². The molecule has 0 saturated carbocycles. The zero-order chi connectivity index (χ0) is 15.4. The van der Waals surface area contributed by atoms with Crippen LogP contribution in [0.5, 0.6) is 0 Å². The molecule has 0 aliphatic rings. The van der Waals surface area contributed by atoms with Crippen LogP contribution in [0.3, 0.4) is 0 Å². The maximum Gasteiger partial charge on any atom is 0.341 e. The van der Waals surface area contributed by atoms with Gasteiger partial charge in [0.2, 0.25) is 0 Å². The minimum absolute atomic E-state index is 0.255. The van der Waals surface area contributed by atoms with Gasteiger partial charge in [-0.3, -0.25) is 9.78 Å². The lowest BCUT2D eigenvalue weighted by atomic mass is 10.2. The normalized spacial score (nSPS) is 10.2. The van der Waals surface area contributed by atoms with E-state index in [-0.39, 0.29) is 12.2 Å². The van der Waals surface area contributed by atoms with Crippen molar-refractivity contribution in [2.24, 2.45) is 0 Å². The third-order valence-corrected chi connectivity index (χ3v) is 3.77. The van der Waals surface area contributed by atoms with Gasteiger partial charge in [-0.15, -0.1) is 11.3 Å². The summed E-state index contributed by atoms with van der Waals surface area (Å²) in [5.41, 5.74) is 1.30. The molecular formula is C14H13ClN2O3S. The van der Waals surface area contributed by atoms with Crippen LogP contribution in [0.4, 0.5) is 5.00 Å². The molecule has 0 bridgehead atoms. The number of carbonyl (C=O) groups is 2. The number of nitrogens with zero attached hydrogens (tertiary/aromatic N) is 1. The number of hydrogen-bond acceptors (Lipinski definition) is 5. The van der Waals surface area contributed by atoms with Gasteiger partial charge in [0, 0.05) is 11.9 Å². The first-order valence-corrected chi connectivity index (χ1v) is 7.46. The fourth-order valence-corrected chi connectivity index (χ4v) is 2.70. The molecule has 1 N–H and O–H groups in total. The molecule has 5 nitrogen and oxygen atoms in total. The zero-order valence-electron chi connectivity index (χ0n) is 11.5. The number of rotatable bonds is 4. The molecule has 0 radical (unpaired) electrons. The van der Waals surface area contributed by atoms with Crippen molar-refractivity contribution >= 4 is 39.8 Å². The van der Waals surface area contributed by atoms with Gasteiger partial charge in [0.25, 0.3) is 5.91 Å². The Hall–Kier alpha value is -1.92. The van der Waals surface area contributed by atoms with Gasteiger partial charge in [0.05, 0.1) is 22.8 Å². The molecule has 2 aromatic heterocycles. The summed E-state index contributed by atoms with van der Waals surface area (Å²) in [5.74, 6) is -0.886. The van der Waals surface area contributed by atoms with Gasteiger partial charge in [-0.25, -0.2) is 4.79 Å². The van der Waals surface area contributed by atoms with Gasteiger partial charge >= 0.3 is 5.97 Å². The second kappa shape index (κ2) is 6.69. The Balaban J connectivity index is 2.20. The lowest BCUT2D eigenvalue weighted by molar-refractivity contribution is 0.0528. The first-order valence-electron chi connectivity index (χ1n) is 6.21. The predicted octanol–water partition coefficient (Wildman–Crippen LogP) is 3.53. The van der Waals surface area contributed by atoms with Crippen LogP contribution in [0, 0.1) is 6.92 Å². The van der Waals surface area contributed by atoms with Crippen molar-refractivity contribution in [3.63, 3.8) is 0 Å². The van der Waals surface area contributed by atoms with E-state index < -0.39 is 11.9 Å². The van der Waals surface area contributed by atoms with E-state index in [1.54, 1.807) is 31.4 Å². The van der Waals surface area contributed by atoms with Gasteiger partial charge in [-0.2, -0.15) is 0 Å². The first-order chi connectivity index (χ1) is 10.0. The third-order valence-electron chi connectivity index (χ3n) is 2.62. The number of esters is 1. The van der Waals surface area contributed by atoms with Crippen molar-refractivity contribution in [1.82, 2.24) is 4.98 Å². The summed E-state index contributed by atoms with van der Waals surface area (Å²) in [7, 11) is 0. The molecule has 1 amide bonds. The van der Waals surface area contributed by atoms with Crippen molar-refractivity contribution in [1.29, 1.82) is 0 Å². The minimum atomic E-state index is -0.470. The van der Waals surface area contributed by atoms with Crippen LogP contribution < -0.4 is 5.32 Å². The fourth-order valence-electron chi connectivity index (χ4n) is 1.64. The number of anilines is 1. The molecule has 0 spiro atoms. The highest BCUT2D eigenvalue weighted by Gasteiger charge is 2.18.